The van der Waals surface area contributed by atoms with Crippen molar-refractivity contribution in [2.24, 2.45) is 0 Å². The summed E-state index contributed by atoms with van der Waals surface area (Å²) in [7, 11) is 5.27. The zero-order chi connectivity index (χ0) is 15.7. The fraction of sp³-hybridized carbons (Fsp3) is 0.312. The average molecular weight is 301 g/mol. The lowest BCUT2D eigenvalue weighted by Gasteiger charge is -2.22. The predicted molar refractivity (Wildman–Crippen MR) is 83.9 cm³/mol. The first-order chi connectivity index (χ1) is 10.6. The number of aryl methyl sites for hydroxylation is 1. The molecule has 1 aliphatic rings. The zero-order valence-electron chi connectivity index (χ0n) is 13.1. The van der Waals surface area contributed by atoms with Crippen molar-refractivity contribution in [3.05, 3.63) is 41.7 Å². The van der Waals surface area contributed by atoms with Gasteiger partial charge < -0.3 is 24.1 Å². The number of benzene rings is 1. The van der Waals surface area contributed by atoms with Crippen molar-refractivity contribution in [3.63, 3.8) is 0 Å². The van der Waals surface area contributed by atoms with E-state index in [9.17, 15) is 0 Å². The summed E-state index contributed by atoms with van der Waals surface area (Å²) in [4.78, 5) is 6.48. The van der Waals surface area contributed by atoms with Gasteiger partial charge in [-0.15, -0.1) is 0 Å². The molecule has 2 heterocycles. The van der Waals surface area contributed by atoms with Crippen LogP contribution < -0.4 is 14.8 Å². The first kappa shape index (κ1) is 14.3. The fourth-order valence-electron chi connectivity index (χ4n) is 2.49. The van der Waals surface area contributed by atoms with Crippen LogP contribution in [0, 0.1) is 6.92 Å². The summed E-state index contributed by atoms with van der Waals surface area (Å²) < 4.78 is 16.4. The highest BCUT2D eigenvalue weighted by Crippen LogP contribution is 2.34. The number of nitrogens with one attached hydrogen (secondary N) is 1. The fourth-order valence-corrected chi connectivity index (χ4v) is 2.49. The molecule has 1 N–H and O–H groups in total. The number of hydrogen-bond donors (Lipinski definition) is 1. The third kappa shape index (κ3) is 2.59. The number of hydrogen-bond acceptors (Lipinski definition) is 6. The Morgan fingerprint density at radius 2 is 2.09 bits per heavy atom. The van der Waals surface area contributed by atoms with Gasteiger partial charge >= 0.3 is 0 Å². The van der Waals surface area contributed by atoms with E-state index in [1.165, 1.54) is 0 Å². The topological polar surface area (TPSA) is 59.8 Å². The molecule has 0 saturated heterocycles. The van der Waals surface area contributed by atoms with E-state index in [4.69, 9.17) is 13.9 Å². The molecule has 2 aromatic rings. The molecule has 0 amide bonds. The Balaban J connectivity index is 1.98. The summed E-state index contributed by atoms with van der Waals surface area (Å²) in [5.41, 5.74) is 2.58. The highest BCUT2D eigenvalue weighted by Gasteiger charge is 2.22. The molecule has 6 heteroatoms. The third-order valence-electron chi connectivity index (χ3n) is 3.47. The molecule has 1 aromatic heterocycles. The van der Waals surface area contributed by atoms with E-state index in [1.54, 1.807) is 14.2 Å². The molecule has 116 valence electrons. The summed E-state index contributed by atoms with van der Waals surface area (Å²) >= 11 is 0. The normalized spacial score (nSPS) is 13.5. The molecule has 1 aliphatic heterocycles. The second-order valence-electron chi connectivity index (χ2n) is 5.16. The Labute approximate surface area is 129 Å². The molecule has 0 saturated carbocycles. The number of ether oxygens (including phenoxy) is 2. The van der Waals surface area contributed by atoms with Crippen LogP contribution in [0.2, 0.25) is 0 Å². The van der Waals surface area contributed by atoms with Gasteiger partial charge in [-0.05, 0) is 12.1 Å². The van der Waals surface area contributed by atoms with Crippen LogP contribution in [0.25, 0.3) is 5.70 Å². The van der Waals surface area contributed by atoms with Crippen molar-refractivity contribution < 1.29 is 13.9 Å². The van der Waals surface area contributed by atoms with Crippen molar-refractivity contribution >= 4 is 11.4 Å². The Morgan fingerprint density at radius 3 is 2.82 bits per heavy atom. The molecule has 1 aromatic carbocycles. The van der Waals surface area contributed by atoms with Crippen molar-refractivity contribution in [3.8, 4) is 11.5 Å². The molecule has 6 nitrogen and oxygen atoms in total. The van der Waals surface area contributed by atoms with Gasteiger partial charge in [0.25, 0.3) is 0 Å². The number of methoxy groups -OCH3 is 2. The number of rotatable bonds is 4. The first-order valence-electron chi connectivity index (χ1n) is 6.98. The van der Waals surface area contributed by atoms with Crippen LogP contribution in [-0.2, 0) is 6.54 Å². The Kier molecular flexibility index (Phi) is 3.66. The largest absolute Gasteiger partial charge is 0.497 e. The maximum absolute atomic E-state index is 5.73. The highest BCUT2D eigenvalue weighted by molar-refractivity contribution is 5.79. The van der Waals surface area contributed by atoms with Crippen LogP contribution in [0.15, 0.2) is 28.8 Å². The van der Waals surface area contributed by atoms with Crippen molar-refractivity contribution in [1.29, 1.82) is 0 Å². The van der Waals surface area contributed by atoms with Gasteiger partial charge in [-0.2, -0.15) is 0 Å². The van der Waals surface area contributed by atoms with Crippen LogP contribution in [0.5, 0.6) is 11.5 Å². The monoisotopic (exact) mass is 301 g/mol. The Hall–Kier alpha value is -2.63. The van der Waals surface area contributed by atoms with Crippen molar-refractivity contribution in [1.82, 2.24) is 9.88 Å². The smallest absolute Gasteiger partial charge is 0.192 e. The maximum Gasteiger partial charge on any atom is 0.192 e. The van der Waals surface area contributed by atoms with Crippen LogP contribution in [0.3, 0.4) is 0 Å². The molecule has 0 bridgehead atoms. The third-order valence-corrected chi connectivity index (χ3v) is 3.47. The van der Waals surface area contributed by atoms with Crippen LogP contribution in [0.4, 0.5) is 5.69 Å². The minimum absolute atomic E-state index is 0.658. The van der Waals surface area contributed by atoms with Crippen LogP contribution in [0.1, 0.15) is 17.3 Å². The van der Waals surface area contributed by atoms with E-state index in [-0.39, 0.29) is 0 Å². The first-order valence-corrected chi connectivity index (χ1v) is 6.98. The lowest BCUT2D eigenvalue weighted by atomic mass is 10.2. The van der Waals surface area contributed by atoms with E-state index in [1.807, 2.05) is 38.4 Å². The molecule has 0 aliphatic carbocycles. The number of fused-ring (bicyclic) bond motifs is 1. The number of oxazole rings is 1. The lowest BCUT2D eigenvalue weighted by Crippen LogP contribution is -2.19. The summed E-state index contributed by atoms with van der Waals surface area (Å²) in [5, 5.41) is 3.36. The average Bonchev–Trinajstić information content (AvgIpc) is 2.87. The van der Waals surface area contributed by atoms with Gasteiger partial charge in [-0.1, -0.05) is 0 Å². The second kappa shape index (κ2) is 5.63. The summed E-state index contributed by atoms with van der Waals surface area (Å²) in [6.45, 7) is 2.58. The highest BCUT2D eigenvalue weighted by atomic mass is 16.5. The van der Waals surface area contributed by atoms with E-state index in [2.05, 4.69) is 15.2 Å². The molecule has 3 rings (SSSR count). The molecule has 0 fully saturated rings. The minimum Gasteiger partial charge on any atom is -0.497 e. The van der Waals surface area contributed by atoms with E-state index in [0.29, 0.717) is 5.89 Å². The van der Waals surface area contributed by atoms with Gasteiger partial charge in [0, 0.05) is 26.2 Å². The molecule has 0 unspecified atom stereocenters. The van der Waals surface area contributed by atoms with E-state index in [0.717, 1.165) is 40.9 Å². The van der Waals surface area contributed by atoms with E-state index < -0.39 is 0 Å². The van der Waals surface area contributed by atoms with Crippen LogP contribution in [-0.4, -0.2) is 31.2 Å². The van der Waals surface area contributed by atoms with Crippen molar-refractivity contribution in [2.45, 2.75) is 13.5 Å². The second-order valence-corrected chi connectivity index (χ2v) is 5.16. The van der Waals surface area contributed by atoms with Gasteiger partial charge in [-0.3, -0.25) is 0 Å². The van der Waals surface area contributed by atoms with Gasteiger partial charge in [0.05, 0.1) is 26.5 Å². The Bertz CT molecular complexity index is 721. The molecular formula is C16H19N3O3. The molecule has 0 spiro atoms. The van der Waals surface area contributed by atoms with E-state index >= 15 is 0 Å². The molecule has 0 radical (unpaired) electrons. The molecular weight excluding hydrogens is 282 g/mol. The summed E-state index contributed by atoms with van der Waals surface area (Å²) in [5.74, 6) is 2.90. The van der Waals surface area contributed by atoms with Gasteiger partial charge in [-0.25, -0.2) is 4.98 Å². The quantitative estimate of drug-likeness (QED) is 0.937. The molecule has 22 heavy (non-hydrogen) atoms. The van der Waals surface area contributed by atoms with Gasteiger partial charge in [0.1, 0.15) is 22.9 Å². The Morgan fingerprint density at radius 1 is 1.27 bits per heavy atom. The summed E-state index contributed by atoms with van der Waals surface area (Å²) in [6, 6.07) is 5.60. The zero-order valence-corrected chi connectivity index (χ0v) is 13.1. The predicted octanol–water partition coefficient (Wildman–Crippen LogP) is 2.86. The number of anilines is 1. The standard InChI is InChI=1S/C16H19N3O3/c1-10-17-13-8-19(2)9-14(16(13)22-10)18-12-7-11(20-3)5-6-15(12)21-4/h5-7,9,18H,8H2,1-4H3. The van der Waals surface area contributed by atoms with Gasteiger partial charge in [0.15, 0.2) is 11.7 Å². The number of nitrogens with zero attached hydrogens (tertiary/aromatic N) is 2. The van der Waals surface area contributed by atoms with Gasteiger partial charge in [0.2, 0.25) is 0 Å². The number of aromatic nitrogens is 1. The van der Waals surface area contributed by atoms with Crippen LogP contribution >= 0.6 is 0 Å². The van der Waals surface area contributed by atoms with Crippen molar-refractivity contribution in [2.75, 3.05) is 26.6 Å². The lowest BCUT2D eigenvalue weighted by molar-refractivity contribution is 0.404. The molecule has 0 atom stereocenters. The minimum atomic E-state index is 0.658. The summed E-state index contributed by atoms with van der Waals surface area (Å²) in [6.07, 6.45) is 1.99. The maximum atomic E-state index is 5.73. The SMILES string of the molecule is COc1ccc(OC)c(NC2=CN(C)Cc3nc(C)oc32)c1.